The third kappa shape index (κ3) is 3.00. The molecule has 1 N–H and O–H groups in total. The normalized spacial score (nSPS) is 28.2. The summed E-state index contributed by atoms with van der Waals surface area (Å²) in [5, 5.41) is 9.60. The van der Waals surface area contributed by atoms with E-state index in [9.17, 15) is 5.11 Å². The van der Waals surface area contributed by atoms with Crippen LogP contribution < -0.4 is 0 Å². The number of allylic oxidation sites excluding steroid dienone is 1. The number of rotatable bonds is 0. The Kier molecular flexibility index (Phi) is 2.97. The van der Waals surface area contributed by atoms with Gasteiger partial charge in [0.1, 0.15) is 0 Å². The summed E-state index contributed by atoms with van der Waals surface area (Å²) < 4.78 is 0. The van der Waals surface area contributed by atoms with E-state index in [4.69, 9.17) is 0 Å². The molecule has 0 radical (unpaired) electrons. The number of aliphatic hydroxyl groups excluding tert-OH is 1. The van der Waals surface area contributed by atoms with Crippen LogP contribution >= 0.6 is 0 Å². The average molecular weight is 180 g/mol. The maximum Gasteiger partial charge on any atom is 0.0787 e. The molecule has 0 aromatic carbocycles. The summed E-state index contributed by atoms with van der Waals surface area (Å²) >= 11 is 0. The predicted octanol–water partition coefficient (Wildman–Crippen LogP) is 3.06. The molecule has 1 nitrogen and oxygen atoms in total. The third-order valence-electron chi connectivity index (χ3n) is 2.35. The highest BCUT2D eigenvalue weighted by Crippen LogP contribution is 2.31. The van der Waals surface area contributed by atoms with Crippen molar-refractivity contribution in [2.45, 2.75) is 46.1 Å². The fourth-order valence-electron chi connectivity index (χ4n) is 1.72. The fraction of sp³-hybridized carbons (Fsp3) is 0.667. The smallest absolute Gasteiger partial charge is 0.0787 e. The Labute approximate surface area is 81.2 Å². The van der Waals surface area contributed by atoms with E-state index in [-0.39, 0.29) is 11.5 Å². The summed E-state index contributed by atoms with van der Waals surface area (Å²) in [4.78, 5) is 0. The van der Waals surface area contributed by atoms with Crippen molar-refractivity contribution in [1.29, 1.82) is 0 Å². The lowest BCUT2D eigenvalue weighted by Crippen LogP contribution is -2.17. The van der Waals surface area contributed by atoms with E-state index in [1.165, 1.54) is 5.57 Å². The molecule has 0 saturated heterocycles. The molecule has 1 heteroatoms. The van der Waals surface area contributed by atoms with Crippen molar-refractivity contribution in [1.82, 2.24) is 0 Å². The second-order valence-corrected chi connectivity index (χ2v) is 4.97. The Hall–Kier alpha value is -0.560. The quantitative estimate of drug-likeness (QED) is 0.607. The summed E-state index contributed by atoms with van der Waals surface area (Å²) in [5.41, 5.74) is 2.38. The topological polar surface area (TPSA) is 20.2 Å². The number of aliphatic hydroxyl groups is 1. The Morgan fingerprint density at radius 3 is 2.62 bits per heavy atom. The van der Waals surface area contributed by atoms with Crippen LogP contribution in [0.25, 0.3) is 0 Å². The van der Waals surface area contributed by atoms with E-state index in [1.807, 2.05) is 0 Å². The van der Waals surface area contributed by atoms with Gasteiger partial charge in [0.15, 0.2) is 0 Å². The molecule has 74 valence electrons. The van der Waals surface area contributed by atoms with Gasteiger partial charge in [-0.05, 0) is 35.8 Å². The summed E-state index contributed by atoms with van der Waals surface area (Å²) in [7, 11) is 0. The lowest BCUT2D eigenvalue weighted by atomic mass is 9.83. The van der Waals surface area contributed by atoms with Gasteiger partial charge in [-0.1, -0.05) is 33.4 Å². The minimum Gasteiger partial charge on any atom is -0.388 e. The summed E-state index contributed by atoms with van der Waals surface area (Å²) in [6.07, 6.45) is 4.97. The van der Waals surface area contributed by atoms with Crippen LogP contribution in [0, 0.1) is 5.41 Å². The highest BCUT2D eigenvalue weighted by molar-refractivity contribution is 5.34. The van der Waals surface area contributed by atoms with Crippen molar-refractivity contribution in [3.05, 3.63) is 23.8 Å². The molecule has 13 heavy (non-hydrogen) atoms. The molecule has 1 fully saturated rings. The molecule has 0 bridgehead atoms. The highest BCUT2D eigenvalue weighted by atomic mass is 16.3. The molecule has 1 aliphatic rings. The fourth-order valence-corrected chi connectivity index (χ4v) is 1.72. The van der Waals surface area contributed by atoms with Crippen LogP contribution in [-0.2, 0) is 0 Å². The van der Waals surface area contributed by atoms with Gasteiger partial charge in [-0.25, -0.2) is 0 Å². The molecular formula is C12H20O. The summed E-state index contributed by atoms with van der Waals surface area (Å²) in [6, 6.07) is 0. The van der Waals surface area contributed by atoms with E-state index in [1.54, 1.807) is 0 Å². The van der Waals surface area contributed by atoms with Crippen LogP contribution in [0.4, 0.5) is 0 Å². The Bertz CT molecular complexity index is 230. The first-order valence-corrected chi connectivity index (χ1v) is 4.99. The highest BCUT2D eigenvalue weighted by Gasteiger charge is 2.20. The molecule has 0 heterocycles. The number of hydrogen-bond acceptors (Lipinski definition) is 1. The SMILES string of the molecule is C=C1/C(=C/C(C)(C)C)CCC[C@H]1O. The van der Waals surface area contributed by atoms with Gasteiger partial charge in [0.2, 0.25) is 0 Å². The average Bonchev–Trinajstić information content (AvgIpc) is 1.96. The van der Waals surface area contributed by atoms with Crippen molar-refractivity contribution in [3.63, 3.8) is 0 Å². The lowest BCUT2D eigenvalue weighted by molar-refractivity contribution is 0.190. The van der Waals surface area contributed by atoms with Gasteiger partial charge in [-0.15, -0.1) is 0 Å². The van der Waals surface area contributed by atoms with Crippen molar-refractivity contribution in [3.8, 4) is 0 Å². The molecule has 0 spiro atoms. The van der Waals surface area contributed by atoms with Crippen LogP contribution in [0.15, 0.2) is 23.8 Å². The first kappa shape index (κ1) is 10.5. The van der Waals surface area contributed by atoms with Gasteiger partial charge in [-0.3, -0.25) is 0 Å². The summed E-state index contributed by atoms with van der Waals surface area (Å²) in [5.74, 6) is 0. The second kappa shape index (κ2) is 3.67. The molecule has 1 aliphatic carbocycles. The van der Waals surface area contributed by atoms with E-state index in [2.05, 4.69) is 33.4 Å². The second-order valence-electron chi connectivity index (χ2n) is 4.97. The van der Waals surface area contributed by atoms with Crippen molar-refractivity contribution in [2.24, 2.45) is 5.41 Å². The Morgan fingerprint density at radius 1 is 1.46 bits per heavy atom. The van der Waals surface area contributed by atoms with Gasteiger partial charge in [0.05, 0.1) is 6.10 Å². The molecule has 1 saturated carbocycles. The zero-order valence-electron chi connectivity index (χ0n) is 8.93. The molecule has 0 unspecified atom stereocenters. The zero-order valence-corrected chi connectivity index (χ0v) is 8.93. The van der Waals surface area contributed by atoms with Gasteiger partial charge >= 0.3 is 0 Å². The van der Waals surface area contributed by atoms with Crippen molar-refractivity contribution < 1.29 is 5.11 Å². The van der Waals surface area contributed by atoms with E-state index < -0.39 is 0 Å². The first-order chi connectivity index (χ1) is 5.90. The minimum absolute atomic E-state index is 0.190. The van der Waals surface area contributed by atoms with Crippen LogP contribution in [0.2, 0.25) is 0 Å². The van der Waals surface area contributed by atoms with Crippen molar-refractivity contribution >= 4 is 0 Å². The largest absolute Gasteiger partial charge is 0.388 e. The van der Waals surface area contributed by atoms with Gasteiger partial charge in [0, 0.05) is 0 Å². The van der Waals surface area contributed by atoms with E-state index >= 15 is 0 Å². The zero-order chi connectivity index (χ0) is 10.1. The molecule has 1 rings (SSSR count). The van der Waals surface area contributed by atoms with Crippen LogP contribution in [0.5, 0.6) is 0 Å². The van der Waals surface area contributed by atoms with Gasteiger partial charge in [0.25, 0.3) is 0 Å². The van der Waals surface area contributed by atoms with Crippen LogP contribution in [0.1, 0.15) is 40.0 Å². The molecule has 0 aromatic heterocycles. The lowest BCUT2D eigenvalue weighted by Gasteiger charge is -2.25. The Morgan fingerprint density at radius 2 is 2.08 bits per heavy atom. The van der Waals surface area contributed by atoms with Crippen LogP contribution in [-0.4, -0.2) is 11.2 Å². The number of hydrogen-bond donors (Lipinski definition) is 1. The molecule has 0 aromatic rings. The Balaban J connectivity index is 2.80. The molecule has 1 atom stereocenters. The van der Waals surface area contributed by atoms with Crippen molar-refractivity contribution in [2.75, 3.05) is 0 Å². The molecule has 0 aliphatic heterocycles. The molecule has 0 amide bonds. The van der Waals surface area contributed by atoms with E-state index in [0.29, 0.717) is 0 Å². The van der Waals surface area contributed by atoms with Gasteiger partial charge in [-0.2, -0.15) is 0 Å². The maximum atomic E-state index is 9.60. The third-order valence-corrected chi connectivity index (χ3v) is 2.35. The molecular weight excluding hydrogens is 160 g/mol. The monoisotopic (exact) mass is 180 g/mol. The maximum absolute atomic E-state index is 9.60. The first-order valence-electron chi connectivity index (χ1n) is 4.99. The van der Waals surface area contributed by atoms with Gasteiger partial charge < -0.3 is 5.11 Å². The predicted molar refractivity (Wildman–Crippen MR) is 56.5 cm³/mol. The minimum atomic E-state index is -0.303. The summed E-state index contributed by atoms with van der Waals surface area (Å²) in [6.45, 7) is 10.5. The van der Waals surface area contributed by atoms with Crippen LogP contribution in [0.3, 0.4) is 0 Å². The standard InChI is InChI=1S/C12H20O/c1-9-10(8-12(2,3)4)6-5-7-11(9)13/h8,11,13H,1,5-7H2,2-4H3/b10-8+/t11-/m1/s1. The van der Waals surface area contributed by atoms with E-state index in [0.717, 1.165) is 24.8 Å².